The van der Waals surface area contributed by atoms with Gasteiger partial charge in [0.2, 0.25) is 0 Å². The third kappa shape index (κ3) is 3.98. The fourth-order valence-corrected chi connectivity index (χ4v) is 3.59. The van der Waals surface area contributed by atoms with Gasteiger partial charge in [0.15, 0.2) is 0 Å². The molecule has 1 aliphatic heterocycles. The molecule has 1 aromatic carbocycles. The molecule has 0 aromatic heterocycles. The molecule has 0 unspecified atom stereocenters. The highest BCUT2D eigenvalue weighted by Gasteiger charge is 2.37. The van der Waals surface area contributed by atoms with Crippen LogP contribution >= 0.6 is 11.6 Å². The number of ketones is 1. The van der Waals surface area contributed by atoms with Gasteiger partial charge in [-0.1, -0.05) is 23.8 Å². The normalized spacial score (nSPS) is 28.3. The second kappa shape index (κ2) is 7.08. The van der Waals surface area contributed by atoms with Crippen molar-refractivity contribution < 1.29 is 24.5 Å². The summed E-state index contributed by atoms with van der Waals surface area (Å²) in [6, 6.07) is 1.00. The van der Waals surface area contributed by atoms with E-state index in [0.717, 1.165) is 18.9 Å². The molecule has 0 saturated heterocycles. The molecule has 1 heterocycles. The molecule has 3 rings (SSSR count). The van der Waals surface area contributed by atoms with E-state index in [9.17, 15) is 19.8 Å². The van der Waals surface area contributed by atoms with Crippen molar-refractivity contribution in [3.63, 3.8) is 0 Å². The number of ether oxygens (including phenoxy) is 1. The number of phenolic OH excluding ortho intramolecular Hbond substituents is 2. The predicted octanol–water partition coefficient (Wildman–Crippen LogP) is 3.78. The number of phenols is 2. The van der Waals surface area contributed by atoms with E-state index in [2.05, 4.69) is 6.08 Å². The SMILES string of the molecule is C[C@@H]1C[C@H]2C[C@@H]2/C=C\CCC(=O)Cc2c(Cl)c(O)cc(O)c2C(=O)O1. The monoisotopic (exact) mass is 364 g/mol. The first-order chi connectivity index (χ1) is 11.9. The van der Waals surface area contributed by atoms with Gasteiger partial charge in [-0.2, -0.15) is 0 Å². The molecule has 1 aromatic rings. The smallest absolute Gasteiger partial charge is 0.342 e. The maximum absolute atomic E-state index is 12.5. The molecule has 3 atom stereocenters. The Morgan fingerprint density at radius 1 is 1.20 bits per heavy atom. The van der Waals surface area contributed by atoms with Crippen molar-refractivity contribution in [2.45, 2.75) is 45.1 Å². The molecule has 5 nitrogen and oxygen atoms in total. The van der Waals surface area contributed by atoms with Crippen molar-refractivity contribution >= 4 is 23.4 Å². The maximum Gasteiger partial charge on any atom is 0.342 e. The highest BCUT2D eigenvalue weighted by atomic mass is 35.5. The molecule has 25 heavy (non-hydrogen) atoms. The fraction of sp³-hybridized carbons (Fsp3) is 0.474. The van der Waals surface area contributed by atoms with Crippen molar-refractivity contribution in [1.82, 2.24) is 0 Å². The zero-order valence-corrected chi connectivity index (χ0v) is 14.8. The van der Waals surface area contributed by atoms with E-state index in [1.165, 1.54) is 0 Å². The van der Waals surface area contributed by atoms with Crippen LogP contribution < -0.4 is 0 Å². The fourth-order valence-electron chi connectivity index (χ4n) is 3.37. The Morgan fingerprint density at radius 3 is 2.72 bits per heavy atom. The van der Waals surface area contributed by atoms with Crippen LogP contribution in [0.2, 0.25) is 5.02 Å². The standard InChI is InChI=1S/C19H21ClO5/c1-10-6-12-7-11(12)4-2-3-5-13(21)8-14-17(19(24)25-10)15(22)9-16(23)18(14)20/h2,4,9-12,22-23H,3,5-8H2,1H3/b4-2-/t10-,11+,12+/m1/s1. The number of hydrogen-bond donors (Lipinski definition) is 2. The minimum Gasteiger partial charge on any atom is -0.507 e. The zero-order valence-electron chi connectivity index (χ0n) is 14.0. The van der Waals surface area contributed by atoms with E-state index in [1.807, 2.05) is 13.0 Å². The lowest BCUT2D eigenvalue weighted by atomic mass is 9.98. The summed E-state index contributed by atoms with van der Waals surface area (Å²) in [5, 5.41) is 19.9. The number of hydrogen-bond acceptors (Lipinski definition) is 5. The van der Waals surface area contributed by atoms with Gasteiger partial charge in [-0.25, -0.2) is 4.79 Å². The van der Waals surface area contributed by atoms with Crippen molar-refractivity contribution in [3.8, 4) is 11.5 Å². The summed E-state index contributed by atoms with van der Waals surface area (Å²) in [6.45, 7) is 1.81. The van der Waals surface area contributed by atoms with Crippen molar-refractivity contribution in [3.05, 3.63) is 34.4 Å². The highest BCUT2D eigenvalue weighted by Crippen LogP contribution is 2.44. The van der Waals surface area contributed by atoms with Crippen LogP contribution in [-0.2, 0) is 16.0 Å². The molecule has 1 fully saturated rings. The largest absolute Gasteiger partial charge is 0.507 e. The zero-order chi connectivity index (χ0) is 18.1. The van der Waals surface area contributed by atoms with Crippen LogP contribution in [-0.4, -0.2) is 28.1 Å². The molecule has 1 saturated carbocycles. The average Bonchev–Trinajstić information content (AvgIpc) is 3.25. The van der Waals surface area contributed by atoms with Gasteiger partial charge in [-0.05, 0) is 38.0 Å². The second-order valence-electron chi connectivity index (χ2n) is 6.88. The molecule has 0 bridgehead atoms. The van der Waals surface area contributed by atoms with Crippen LogP contribution in [0.15, 0.2) is 18.2 Å². The van der Waals surface area contributed by atoms with Crippen molar-refractivity contribution in [1.29, 1.82) is 0 Å². The quantitative estimate of drug-likeness (QED) is 0.540. The van der Waals surface area contributed by atoms with E-state index in [4.69, 9.17) is 16.3 Å². The van der Waals surface area contributed by atoms with Gasteiger partial charge in [0.05, 0.1) is 11.1 Å². The highest BCUT2D eigenvalue weighted by molar-refractivity contribution is 6.33. The number of carbonyl (C=O) groups excluding carboxylic acids is 2. The lowest BCUT2D eigenvalue weighted by Crippen LogP contribution is -2.19. The van der Waals surface area contributed by atoms with Gasteiger partial charge in [-0.15, -0.1) is 0 Å². The summed E-state index contributed by atoms with van der Waals surface area (Å²) in [5.41, 5.74) is -0.0188. The van der Waals surface area contributed by atoms with Gasteiger partial charge in [0.1, 0.15) is 22.8 Å². The van der Waals surface area contributed by atoms with Gasteiger partial charge in [0, 0.05) is 24.5 Å². The first-order valence-electron chi connectivity index (χ1n) is 8.49. The number of fused-ring (bicyclic) bond motifs is 2. The first kappa shape index (κ1) is 17.8. The summed E-state index contributed by atoms with van der Waals surface area (Å²) < 4.78 is 5.46. The molecular weight excluding hydrogens is 344 g/mol. The second-order valence-corrected chi connectivity index (χ2v) is 7.25. The van der Waals surface area contributed by atoms with Crippen LogP contribution in [0.25, 0.3) is 0 Å². The minimum absolute atomic E-state index is 0.101. The number of esters is 1. The number of cyclic esters (lactones) is 1. The third-order valence-corrected chi connectivity index (χ3v) is 5.21. The minimum atomic E-state index is -0.723. The van der Waals surface area contributed by atoms with E-state index in [-0.39, 0.29) is 40.2 Å². The topological polar surface area (TPSA) is 83.8 Å². The van der Waals surface area contributed by atoms with Gasteiger partial charge in [-0.3, -0.25) is 4.79 Å². The number of carbonyl (C=O) groups is 2. The summed E-state index contributed by atoms with van der Waals surface area (Å²) in [5.74, 6) is -0.672. The lowest BCUT2D eigenvalue weighted by molar-refractivity contribution is -0.118. The number of halogens is 1. The summed E-state index contributed by atoms with van der Waals surface area (Å²) >= 11 is 6.10. The van der Waals surface area contributed by atoms with Crippen molar-refractivity contribution in [2.24, 2.45) is 11.8 Å². The molecule has 134 valence electrons. The van der Waals surface area contributed by atoms with Crippen LogP contribution in [0.4, 0.5) is 0 Å². The van der Waals surface area contributed by atoms with Crippen LogP contribution in [0, 0.1) is 11.8 Å². The Labute approximate surface area is 151 Å². The van der Waals surface area contributed by atoms with Crippen LogP contribution in [0.1, 0.15) is 48.5 Å². The number of Topliss-reactive ketones (excluding diaryl/α,β-unsaturated/α-hetero) is 1. The molecule has 6 heteroatoms. The van der Waals surface area contributed by atoms with E-state index in [0.29, 0.717) is 24.7 Å². The molecular formula is C19H21ClO5. The van der Waals surface area contributed by atoms with Gasteiger partial charge >= 0.3 is 5.97 Å². The van der Waals surface area contributed by atoms with Crippen molar-refractivity contribution in [2.75, 3.05) is 0 Å². The lowest BCUT2D eigenvalue weighted by Gasteiger charge is -2.17. The Bertz CT molecular complexity index is 740. The third-order valence-electron chi connectivity index (χ3n) is 4.79. The first-order valence-corrected chi connectivity index (χ1v) is 8.87. The molecule has 0 radical (unpaired) electrons. The summed E-state index contributed by atoms with van der Waals surface area (Å²) in [4.78, 5) is 24.8. The Morgan fingerprint density at radius 2 is 1.96 bits per heavy atom. The van der Waals surface area contributed by atoms with E-state index in [1.54, 1.807) is 0 Å². The van der Waals surface area contributed by atoms with Crippen LogP contribution in [0.5, 0.6) is 11.5 Å². The molecule has 1 aliphatic carbocycles. The predicted molar refractivity (Wildman–Crippen MR) is 93.0 cm³/mol. The molecule has 2 aliphatic rings. The van der Waals surface area contributed by atoms with Gasteiger partial charge < -0.3 is 14.9 Å². The number of aromatic hydroxyl groups is 2. The Balaban J connectivity index is 1.96. The molecule has 0 spiro atoms. The number of rotatable bonds is 0. The summed E-state index contributed by atoms with van der Waals surface area (Å²) in [6.07, 6.45) is 6.46. The molecule has 2 N–H and O–H groups in total. The Hall–Kier alpha value is -2.01. The average molecular weight is 365 g/mol. The number of benzene rings is 1. The van der Waals surface area contributed by atoms with E-state index >= 15 is 0 Å². The number of allylic oxidation sites excluding steroid dienone is 2. The maximum atomic E-state index is 12.5. The van der Waals surface area contributed by atoms with E-state index < -0.39 is 11.7 Å². The molecule has 0 amide bonds. The van der Waals surface area contributed by atoms with Crippen LogP contribution in [0.3, 0.4) is 0 Å². The Kier molecular flexibility index (Phi) is 5.04. The van der Waals surface area contributed by atoms with Gasteiger partial charge in [0.25, 0.3) is 0 Å². The summed E-state index contributed by atoms with van der Waals surface area (Å²) in [7, 11) is 0.